The molecule has 1 fully saturated rings. The second-order valence-electron chi connectivity index (χ2n) is 7.43. The molecule has 3 amide bonds. The second kappa shape index (κ2) is 10.5. The maximum absolute atomic E-state index is 12.6. The van der Waals surface area contributed by atoms with Crippen LogP contribution in [0.4, 0.5) is 21.9 Å². The molecule has 3 rings (SSSR count). The van der Waals surface area contributed by atoms with Gasteiger partial charge >= 0.3 is 6.03 Å². The van der Waals surface area contributed by atoms with E-state index in [0.29, 0.717) is 5.69 Å². The number of benzene rings is 2. The minimum absolute atomic E-state index is 0.143. The van der Waals surface area contributed by atoms with Gasteiger partial charge in [0.1, 0.15) is 0 Å². The lowest BCUT2D eigenvalue weighted by molar-refractivity contribution is -0.136. The minimum Gasteiger partial charge on any atom is -0.368 e. The average Bonchev–Trinajstić information content (AvgIpc) is 2.77. The highest BCUT2D eigenvalue weighted by atomic mass is 79.9. The van der Waals surface area contributed by atoms with Gasteiger partial charge in [-0.05, 0) is 65.2 Å². The van der Waals surface area contributed by atoms with Crippen LogP contribution in [-0.4, -0.2) is 43.0 Å². The highest BCUT2D eigenvalue weighted by Crippen LogP contribution is 2.23. The van der Waals surface area contributed by atoms with Crippen LogP contribution in [0.2, 0.25) is 0 Å². The summed E-state index contributed by atoms with van der Waals surface area (Å²) in [6.07, 6.45) is 1.80. The molecular weight excluding hydrogens is 444 g/mol. The molecular formula is C23H29BrN4O2. The SMILES string of the molecule is CCC(CC)C(=O)N1CCN(c2ccc(NC(=O)Nc3ccccc3Br)cc2)CC1. The Bertz CT molecular complexity index is 860. The summed E-state index contributed by atoms with van der Waals surface area (Å²) in [5.41, 5.74) is 2.54. The number of para-hydroxylation sites is 1. The van der Waals surface area contributed by atoms with Crippen LogP contribution in [0.5, 0.6) is 0 Å². The van der Waals surface area contributed by atoms with E-state index in [-0.39, 0.29) is 17.9 Å². The zero-order valence-electron chi connectivity index (χ0n) is 17.5. The molecule has 0 bridgehead atoms. The van der Waals surface area contributed by atoms with Crippen molar-refractivity contribution in [1.82, 2.24) is 4.90 Å². The largest absolute Gasteiger partial charge is 0.368 e. The lowest BCUT2D eigenvalue weighted by Gasteiger charge is -2.37. The van der Waals surface area contributed by atoms with Crippen LogP contribution < -0.4 is 15.5 Å². The lowest BCUT2D eigenvalue weighted by atomic mass is 10.0. The number of carbonyl (C=O) groups excluding carboxylic acids is 2. The zero-order chi connectivity index (χ0) is 21.5. The Balaban J connectivity index is 1.52. The van der Waals surface area contributed by atoms with Crippen LogP contribution in [0.15, 0.2) is 53.0 Å². The number of halogens is 1. The van der Waals surface area contributed by atoms with Gasteiger partial charge in [-0.3, -0.25) is 4.79 Å². The van der Waals surface area contributed by atoms with Crippen molar-refractivity contribution in [3.05, 3.63) is 53.0 Å². The van der Waals surface area contributed by atoms with E-state index in [1.54, 1.807) is 0 Å². The first-order valence-corrected chi connectivity index (χ1v) is 11.3. The fraction of sp³-hybridized carbons (Fsp3) is 0.391. The van der Waals surface area contributed by atoms with E-state index < -0.39 is 0 Å². The highest BCUT2D eigenvalue weighted by molar-refractivity contribution is 9.10. The van der Waals surface area contributed by atoms with Crippen molar-refractivity contribution in [3.63, 3.8) is 0 Å². The van der Waals surface area contributed by atoms with Crippen molar-refractivity contribution in [2.24, 2.45) is 5.92 Å². The third kappa shape index (κ3) is 5.53. The van der Waals surface area contributed by atoms with E-state index in [4.69, 9.17) is 0 Å². The van der Waals surface area contributed by atoms with E-state index >= 15 is 0 Å². The number of nitrogens with zero attached hydrogens (tertiary/aromatic N) is 2. The maximum atomic E-state index is 12.6. The van der Waals surface area contributed by atoms with E-state index in [2.05, 4.69) is 45.3 Å². The fourth-order valence-electron chi connectivity index (χ4n) is 3.68. The topological polar surface area (TPSA) is 64.7 Å². The van der Waals surface area contributed by atoms with Crippen molar-refractivity contribution in [2.45, 2.75) is 26.7 Å². The molecule has 1 heterocycles. The lowest BCUT2D eigenvalue weighted by Crippen LogP contribution is -2.50. The van der Waals surface area contributed by atoms with Gasteiger partial charge in [-0.2, -0.15) is 0 Å². The Kier molecular flexibility index (Phi) is 7.74. The van der Waals surface area contributed by atoms with Crippen molar-refractivity contribution in [2.75, 3.05) is 41.7 Å². The number of hydrogen-bond donors (Lipinski definition) is 2. The molecule has 2 N–H and O–H groups in total. The summed E-state index contributed by atoms with van der Waals surface area (Å²) in [6, 6.07) is 15.0. The molecule has 1 aliphatic heterocycles. The summed E-state index contributed by atoms with van der Waals surface area (Å²) in [4.78, 5) is 29.1. The predicted molar refractivity (Wildman–Crippen MR) is 126 cm³/mol. The molecule has 0 saturated carbocycles. The summed E-state index contributed by atoms with van der Waals surface area (Å²) < 4.78 is 0.831. The first kappa shape index (κ1) is 22.2. The zero-order valence-corrected chi connectivity index (χ0v) is 19.1. The van der Waals surface area contributed by atoms with Crippen LogP contribution in [0, 0.1) is 5.92 Å². The molecule has 7 heteroatoms. The van der Waals surface area contributed by atoms with E-state index in [9.17, 15) is 9.59 Å². The molecule has 30 heavy (non-hydrogen) atoms. The van der Waals surface area contributed by atoms with Gasteiger partial charge in [-0.25, -0.2) is 4.79 Å². The van der Waals surface area contributed by atoms with E-state index in [1.807, 2.05) is 53.4 Å². The fourth-order valence-corrected chi connectivity index (χ4v) is 4.07. The molecule has 0 unspecified atom stereocenters. The summed E-state index contributed by atoms with van der Waals surface area (Å²) in [6.45, 7) is 7.31. The van der Waals surface area contributed by atoms with Gasteiger partial charge in [0.15, 0.2) is 0 Å². The number of piperazine rings is 1. The minimum atomic E-state index is -0.289. The average molecular weight is 473 g/mol. The molecule has 0 radical (unpaired) electrons. The molecule has 2 aromatic rings. The molecule has 160 valence electrons. The number of amides is 3. The number of hydrogen-bond acceptors (Lipinski definition) is 3. The number of anilines is 3. The van der Waals surface area contributed by atoms with Gasteiger partial charge in [0.2, 0.25) is 5.91 Å². The number of rotatable bonds is 6. The van der Waals surface area contributed by atoms with Crippen LogP contribution in [0.1, 0.15) is 26.7 Å². The van der Waals surface area contributed by atoms with E-state index in [0.717, 1.165) is 54.9 Å². The maximum Gasteiger partial charge on any atom is 0.323 e. The second-order valence-corrected chi connectivity index (χ2v) is 8.29. The third-order valence-corrected chi connectivity index (χ3v) is 6.23. The van der Waals surface area contributed by atoms with Crippen LogP contribution >= 0.6 is 15.9 Å². The summed E-state index contributed by atoms with van der Waals surface area (Å²) in [5.74, 6) is 0.430. The molecule has 1 aliphatic rings. The third-order valence-electron chi connectivity index (χ3n) is 5.54. The Morgan fingerprint density at radius 2 is 1.57 bits per heavy atom. The number of nitrogens with one attached hydrogen (secondary N) is 2. The molecule has 2 aromatic carbocycles. The Morgan fingerprint density at radius 1 is 0.933 bits per heavy atom. The van der Waals surface area contributed by atoms with Gasteiger partial charge in [0.25, 0.3) is 0 Å². The molecule has 0 aliphatic carbocycles. The van der Waals surface area contributed by atoms with Crippen LogP contribution in [-0.2, 0) is 4.79 Å². The monoisotopic (exact) mass is 472 g/mol. The van der Waals surface area contributed by atoms with Gasteiger partial charge < -0.3 is 20.4 Å². The number of carbonyl (C=O) groups is 2. The quantitative estimate of drug-likeness (QED) is 0.608. The summed E-state index contributed by atoms with van der Waals surface area (Å²) in [5, 5.41) is 5.68. The van der Waals surface area contributed by atoms with Crippen molar-refractivity contribution < 1.29 is 9.59 Å². The van der Waals surface area contributed by atoms with Crippen LogP contribution in [0.3, 0.4) is 0 Å². The molecule has 1 saturated heterocycles. The smallest absolute Gasteiger partial charge is 0.323 e. The first-order valence-electron chi connectivity index (χ1n) is 10.5. The molecule has 0 spiro atoms. The Morgan fingerprint density at radius 3 is 2.17 bits per heavy atom. The normalized spacial score (nSPS) is 14.0. The van der Waals surface area contributed by atoms with Crippen molar-refractivity contribution >= 4 is 44.9 Å². The molecule has 0 atom stereocenters. The summed E-state index contributed by atoms with van der Waals surface area (Å²) in [7, 11) is 0. The predicted octanol–water partition coefficient (Wildman–Crippen LogP) is 5.18. The van der Waals surface area contributed by atoms with E-state index in [1.165, 1.54) is 0 Å². The van der Waals surface area contributed by atoms with Gasteiger partial charge in [-0.15, -0.1) is 0 Å². The first-order chi connectivity index (χ1) is 14.5. The standard InChI is InChI=1S/C23H29BrN4O2/c1-3-17(4-2)22(29)28-15-13-27(14-16-28)19-11-9-18(10-12-19)25-23(30)26-21-8-6-5-7-20(21)24/h5-12,17H,3-4,13-16H2,1-2H3,(H2,25,26,30). The van der Waals surface area contributed by atoms with Crippen LogP contribution in [0.25, 0.3) is 0 Å². The summed E-state index contributed by atoms with van der Waals surface area (Å²) >= 11 is 3.42. The molecule has 0 aromatic heterocycles. The van der Waals surface area contributed by atoms with Crippen molar-refractivity contribution in [3.8, 4) is 0 Å². The highest BCUT2D eigenvalue weighted by Gasteiger charge is 2.25. The van der Waals surface area contributed by atoms with Gasteiger partial charge in [0, 0.05) is 47.9 Å². The van der Waals surface area contributed by atoms with Gasteiger partial charge in [-0.1, -0.05) is 26.0 Å². The van der Waals surface area contributed by atoms with Gasteiger partial charge in [0.05, 0.1) is 5.69 Å². The Labute approximate surface area is 186 Å². The van der Waals surface area contributed by atoms with Crippen molar-refractivity contribution in [1.29, 1.82) is 0 Å². The Hall–Kier alpha value is -2.54. The molecule has 6 nitrogen and oxygen atoms in total. The number of urea groups is 1.